The zero-order valence-electron chi connectivity index (χ0n) is 16.1. The minimum atomic E-state index is -0.534. The van der Waals surface area contributed by atoms with E-state index in [0.29, 0.717) is 0 Å². The summed E-state index contributed by atoms with van der Waals surface area (Å²) in [5.74, 6) is 0.479. The van der Waals surface area contributed by atoms with Crippen molar-refractivity contribution in [1.29, 1.82) is 0 Å². The first-order valence-electron chi connectivity index (χ1n) is 8.14. The third-order valence-electron chi connectivity index (χ3n) is 5.81. The number of thioether (sulfide) groups is 2. The first-order valence-corrected chi connectivity index (χ1v) is 10.2. The van der Waals surface area contributed by atoms with Crippen LogP contribution in [0.2, 0.25) is 0 Å². The van der Waals surface area contributed by atoms with Crippen LogP contribution >= 0.6 is 23.5 Å². The summed E-state index contributed by atoms with van der Waals surface area (Å²) in [5.41, 5.74) is 0.656. The molecule has 0 amide bonds. The highest BCUT2D eigenvalue weighted by atomic mass is 32.2. The molecule has 134 valence electrons. The molecule has 2 saturated carbocycles. The predicted molar refractivity (Wildman–Crippen MR) is 105 cm³/mol. The molecular weight excluding hydrogens is 340 g/mol. The highest BCUT2D eigenvalue weighted by molar-refractivity contribution is 8.25. The topological polar surface area (TPSA) is 58.9 Å². The zero-order valence-corrected chi connectivity index (χ0v) is 17.7. The van der Waals surface area contributed by atoms with Crippen LogP contribution in [-0.2, 0) is 9.59 Å². The number of hydrogen-bond acceptors (Lipinski definition) is 6. The van der Waals surface area contributed by atoms with Gasteiger partial charge in [0.25, 0.3) is 0 Å². The van der Waals surface area contributed by atoms with Gasteiger partial charge < -0.3 is 0 Å². The Morgan fingerprint density at radius 2 is 1.29 bits per heavy atom. The Labute approximate surface area is 153 Å². The molecule has 2 aliphatic rings. The highest BCUT2D eigenvalue weighted by Gasteiger charge is 2.72. The first kappa shape index (κ1) is 19.7. The van der Waals surface area contributed by atoms with E-state index in [4.69, 9.17) is 0 Å². The Morgan fingerprint density at radius 3 is 1.71 bits per heavy atom. The standard InChI is InChI=1S/C18H28N2O2S2/c1-14(2)11(15(3,4)12(14)21)20-19-10-24-18(23-9)16(5,6)13(22)17(18,7)8/h10H,1-9H3. The van der Waals surface area contributed by atoms with E-state index in [1.165, 1.54) is 0 Å². The molecule has 0 spiro atoms. The van der Waals surface area contributed by atoms with Crippen molar-refractivity contribution >= 4 is 46.3 Å². The van der Waals surface area contributed by atoms with Crippen LogP contribution < -0.4 is 0 Å². The van der Waals surface area contributed by atoms with Gasteiger partial charge in [-0.25, -0.2) is 0 Å². The molecule has 2 aliphatic carbocycles. The van der Waals surface area contributed by atoms with Crippen molar-refractivity contribution in [3.63, 3.8) is 0 Å². The molecule has 0 saturated heterocycles. The van der Waals surface area contributed by atoms with Gasteiger partial charge in [0.15, 0.2) is 5.78 Å². The molecule has 0 unspecified atom stereocenters. The summed E-state index contributed by atoms with van der Waals surface area (Å²) in [4.78, 5) is 24.6. The van der Waals surface area contributed by atoms with Gasteiger partial charge in [0.05, 0.1) is 26.2 Å². The fourth-order valence-electron chi connectivity index (χ4n) is 4.80. The van der Waals surface area contributed by atoms with Gasteiger partial charge >= 0.3 is 0 Å². The monoisotopic (exact) mass is 368 g/mol. The summed E-state index contributed by atoms with van der Waals surface area (Å²) < 4.78 is -0.263. The lowest BCUT2D eigenvalue weighted by molar-refractivity contribution is -0.152. The maximum atomic E-state index is 12.4. The molecule has 2 fully saturated rings. The minimum absolute atomic E-state index is 0.198. The van der Waals surface area contributed by atoms with Crippen LogP contribution in [0.5, 0.6) is 0 Å². The second kappa shape index (κ2) is 5.44. The lowest BCUT2D eigenvalue weighted by atomic mass is 9.53. The Balaban J connectivity index is 2.22. The maximum Gasteiger partial charge on any atom is 0.155 e. The first-order chi connectivity index (χ1) is 10.7. The van der Waals surface area contributed by atoms with Crippen molar-refractivity contribution in [2.45, 2.75) is 59.5 Å². The summed E-state index contributed by atoms with van der Waals surface area (Å²) in [5, 5.41) is 8.59. The van der Waals surface area contributed by atoms with Gasteiger partial charge in [-0.15, -0.1) is 11.8 Å². The molecule has 0 aromatic carbocycles. The predicted octanol–water partition coefficient (Wildman–Crippen LogP) is 4.43. The van der Waals surface area contributed by atoms with E-state index in [2.05, 4.69) is 10.2 Å². The van der Waals surface area contributed by atoms with E-state index in [1.54, 1.807) is 29.1 Å². The Bertz CT molecular complexity index is 620. The summed E-state index contributed by atoms with van der Waals surface area (Å²) >= 11 is 3.27. The second-order valence-electron chi connectivity index (χ2n) is 8.77. The van der Waals surface area contributed by atoms with Gasteiger partial charge in [-0.1, -0.05) is 39.5 Å². The summed E-state index contributed by atoms with van der Waals surface area (Å²) in [6, 6.07) is 0. The van der Waals surface area contributed by atoms with Crippen LogP contribution in [-0.4, -0.2) is 33.2 Å². The normalized spacial score (nSPS) is 28.5. The molecular formula is C18H28N2O2S2. The van der Waals surface area contributed by atoms with Crippen LogP contribution in [0.3, 0.4) is 0 Å². The average molecular weight is 369 g/mol. The van der Waals surface area contributed by atoms with Crippen LogP contribution in [0.4, 0.5) is 0 Å². The Kier molecular flexibility index (Phi) is 4.46. The highest BCUT2D eigenvalue weighted by Crippen LogP contribution is 2.69. The fraction of sp³-hybridized carbons (Fsp3) is 0.778. The van der Waals surface area contributed by atoms with E-state index < -0.39 is 21.7 Å². The third-order valence-corrected chi connectivity index (χ3v) is 9.75. The summed E-state index contributed by atoms with van der Waals surface area (Å²) in [6.07, 6.45) is 2.04. The van der Waals surface area contributed by atoms with Crippen molar-refractivity contribution in [2.24, 2.45) is 31.9 Å². The van der Waals surface area contributed by atoms with Gasteiger partial charge in [0.2, 0.25) is 0 Å². The third kappa shape index (κ3) is 2.14. The van der Waals surface area contributed by atoms with E-state index >= 15 is 0 Å². The van der Waals surface area contributed by atoms with Gasteiger partial charge in [-0.2, -0.15) is 10.2 Å². The largest absolute Gasteiger partial charge is 0.298 e. The van der Waals surface area contributed by atoms with Gasteiger partial charge in [0, 0.05) is 10.8 Å². The van der Waals surface area contributed by atoms with Gasteiger partial charge in [-0.3, -0.25) is 9.59 Å². The van der Waals surface area contributed by atoms with E-state index in [-0.39, 0.29) is 15.6 Å². The van der Waals surface area contributed by atoms with E-state index in [0.717, 1.165) is 5.71 Å². The Hall–Kier alpha value is -0.620. The molecule has 2 rings (SSSR count). The van der Waals surface area contributed by atoms with E-state index in [9.17, 15) is 9.59 Å². The van der Waals surface area contributed by atoms with Crippen molar-refractivity contribution in [2.75, 3.05) is 6.26 Å². The molecule has 0 N–H and O–H groups in total. The van der Waals surface area contributed by atoms with Crippen LogP contribution in [0, 0.1) is 21.7 Å². The van der Waals surface area contributed by atoms with Gasteiger partial charge in [0.1, 0.15) is 5.78 Å². The molecule has 0 heterocycles. The SMILES string of the molecule is CSC1(SC=NN=C2C(C)(C)C(=O)C2(C)C)C(C)(C)C(=O)C1(C)C. The fourth-order valence-corrected chi connectivity index (χ4v) is 7.53. The lowest BCUT2D eigenvalue weighted by Crippen LogP contribution is -2.70. The molecule has 0 radical (unpaired) electrons. The van der Waals surface area contributed by atoms with E-state index in [1.807, 2.05) is 61.6 Å². The molecule has 0 bridgehead atoms. The maximum absolute atomic E-state index is 12.4. The number of hydrogen-bond donors (Lipinski definition) is 0. The average Bonchev–Trinajstić information content (AvgIpc) is 2.48. The molecule has 0 aromatic rings. The summed E-state index contributed by atoms with van der Waals surface area (Å²) in [7, 11) is 0. The number of ketones is 2. The van der Waals surface area contributed by atoms with Crippen molar-refractivity contribution in [3.05, 3.63) is 0 Å². The molecule has 0 atom stereocenters. The summed E-state index contributed by atoms with van der Waals surface area (Å²) in [6.45, 7) is 15.6. The number of nitrogens with zero attached hydrogens (tertiary/aromatic N) is 2. The molecule has 4 nitrogen and oxygen atoms in total. The molecule has 0 aliphatic heterocycles. The van der Waals surface area contributed by atoms with Crippen molar-refractivity contribution in [3.8, 4) is 0 Å². The number of carbonyl (C=O) groups is 2. The molecule has 24 heavy (non-hydrogen) atoms. The number of rotatable bonds is 4. The minimum Gasteiger partial charge on any atom is -0.298 e. The van der Waals surface area contributed by atoms with Crippen LogP contribution in [0.25, 0.3) is 0 Å². The van der Waals surface area contributed by atoms with Gasteiger partial charge in [-0.05, 0) is 34.0 Å². The molecule has 0 aromatic heterocycles. The van der Waals surface area contributed by atoms with Crippen LogP contribution in [0.15, 0.2) is 10.2 Å². The molecule has 6 heteroatoms. The number of carbonyl (C=O) groups excluding carboxylic acids is 2. The van der Waals surface area contributed by atoms with Crippen molar-refractivity contribution < 1.29 is 9.59 Å². The van der Waals surface area contributed by atoms with Crippen molar-refractivity contribution in [1.82, 2.24) is 0 Å². The zero-order chi connectivity index (χ0) is 18.8. The van der Waals surface area contributed by atoms with Crippen LogP contribution in [0.1, 0.15) is 55.4 Å². The smallest absolute Gasteiger partial charge is 0.155 e. The quantitative estimate of drug-likeness (QED) is 0.319. The number of Topliss-reactive ketones (excluding diaryl/α,β-unsaturated/α-hetero) is 2. The lowest BCUT2D eigenvalue weighted by Gasteiger charge is -2.63. The Morgan fingerprint density at radius 1 is 0.833 bits per heavy atom. The second-order valence-corrected chi connectivity index (χ2v) is 11.1.